The molecule has 2 aromatic heterocycles. The predicted molar refractivity (Wildman–Crippen MR) is 62.7 cm³/mol. The van der Waals surface area contributed by atoms with E-state index in [1.54, 1.807) is 0 Å². The monoisotopic (exact) mass is 285 g/mol. The summed E-state index contributed by atoms with van der Waals surface area (Å²) in [5.74, 6) is -0.141. The van der Waals surface area contributed by atoms with Crippen LogP contribution >= 0.6 is 0 Å². The molecule has 0 bridgehead atoms. The summed E-state index contributed by atoms with van der Waals surface area (Å²) in [6, 6.07) is 0. The van der Waals surface area contributed by atoms with E-state index in [9.17, 15) is 14.6 Å². The lowest BCUT2D eigenvalue weighted by Gasteiger charge is -2.16. The molecule has 0 radical (unpaired) electrons. The summed E-state index contributed by atoms with van der Waals surface area (Å²) < 4.78 is 19.8. The molecule has 20 heavy (non-hydrogen) atoms. The Hall–Kier alpha value is -1.88. The molecule has 108 valence electrons. The Balaban J connectivity index is 2.07. The van der Waals surface area contributed by atoms with Gasteiger partial charge in [-0.15, -0.1) is 0 Å². The normalized spacial score (nSPS) is 30.2. The van der Waals surface area contributed by atoms with Crippen LogP contribution < -0.4 is 5.73 Å². The number of fused-ring (bicyclic) bond motifs is 1. The molecule has 3 heterocycles. The number of aliphatic hydroxyl groups excluding tert-OH is 3. The molecule has 1 unspecified atom stereocenters. The van der Waals surface area contributed by atoms with Gasteiger partial charge in [-0.2, -0.15) is 14.4 Å². The molecule has 2 aromatic rings. The fourth-order valence-corrected chi connectivity index (χ4v) is 2.21. The number of imidazole rings is 1. The van der Waals surface area contributed by atoms with E-state index in [4.69, 9.17) is 15.6 Å². The maximum absolute atomic E-state index is 13.2. The summed E-state index contributed by atoms with van der Waals surface area (Å²) in [4.78, 5) is 10.8. The summed E-state index contributed by atoms with van der Waals surface area (Å²) in [5, 5.41) is 28.7. The van der Waals surface area contributed by atoms with E-state index < -0.39 is 37.2 Å². The summed E-state index contributed by atoms with van der Waals surface area (Å²) in [6.07, 6.45) is -4.38. The van der Waals surface area contributed by atoms with Gasteiger partial charge in [0.15, 0.2) is 23.2 Å². The van der Waals surface area contributed by atoms with E-state index in [0.717, 1.165) is 0 Å². The van der Waals surface area contributed by atoms with Crippen LogP contribution in [-0.4, -0.2) is 59.8 Å². The van der Waals surface area contributed by atoms with Crippen LogP contribution in [0.3, 0.4) is 0 Å². The van der Waals surface area contributed by atoms with Gasteiger partial charge in [0.2, 0.25) is 0 Å². The van der Waals surface area contributed by atoms with Gasteiger partial charge in [0.1, 0.15) is 18.3 Å². The van der Waals surface area contributed by atoms with Crippen molar-refractivity contribution >= 4 is 17.0 Å². The van der Waals surface area contributed by atoms with Gasteiger partial charge >= 0.3 is 6.08 Å². The second-order valence-corrected chi connectivity index (χ2v) is 4.43. The fourth-order valence-electron chi connectivity index (χ4n) is 2.21. The van der Waals surface area contributed by atoms with Gasteiger partial charge in [-0.05, 0) is 0 Å². The minimum atomic E-state index is -1.32. The largest absolute Gasteiger partial charge is 0.394 e. The second kappa shape index (κ2) is 4.59. The second-order valence-electron chi connectivity index (χ2n) is 4.43. The third kappa shape index (κ3) is 1.81. The first-order valence-electron chi connectivity index (χ1n) is 5.81. The zero-order valence-electron chi connectivity index (χ0n) is 10.1. The first-order chi connectivity index (χ1) is 9.52. The van der Waals surface area contributed by atoms with Crippen molar-refractivity contribution in [2.24, 2.45) is 0 Å². The van der Waals surface area contributed by atoms with Crippen molar-refractivity contribution in [2.45, 2.75) is 24.5 Å². The number of ether oxygens (including phenoxy) is 1. The molecule has 1 aliphatic rings. The number of nitrogen functional groups attached to an aromatic ring is 1. The Labute approximate surface area is 111 Å². The van der Waals surface area contributed by atoms with Gasteiger partial charge in [0.05, 0.1) is 12.9 Å². The molecule has 3 rings (SSSR count). The van der Waals surface area contributed by atoms with Gasteiger partial charge in [0, 0.05) is 0 Å². The number of halogens is 1. The lowest BCUT2D eigenvalue weighted by Crippen LogP contribution is -2.33. The van der Waals surface area contributed by atoms with E-state index in [1.807, 2.05) is 0 Å². The van der Waals surface area contributed by atoms with Gasteiger partial charge in [-0.1, -0.05) is 0 Å². The lowest BCUT2D eigenvalue weighted by molar-refractivity contribution is -0.0511. The fraction of sp³-hybridized carbons (Fsp3) is 0.500. The molecule has 5 N–H and O–H groups in total. The SMILES string of the molecule is Nc1nc(F)nc2c1ncn2[C@@H]1O[C@H](CO)C(O)[C@@H]1O. The van der Waals surface area contributed by atoms with Crippen molar-refractivity contribution in [3.8, 4) is 0 Å². The Kier molecular flexibility index (Phi) is 3.01. The van der Waals surface area contributed by atoms with Gasteiger partial charge in [-0.3, -0.25) is 4.57 Å². The van der Waals surface area contributed by atoms with Crippen LogP contribution in [0.5, 0.6) is 0 Å². The van der Waals surface area contributed by atoms with Gasteiger partial charge in [0.25, 0.3) is 0 Å². The number of nitrogens with zero attached hydrogens (tertiary/aromatic N) is 4. The summed E-state index contributed by atoms with van der Waals surface area (Å²) in [7, 11) is 0. The van der Waals surface area contributed by atoms with Crippen molar-refractivity contribution in [2.75, 3.05) is 12.3 Å². The van der Waals surface area contributed by atoms with E-state index in [2.05, 4.69) is 15.0 Å². The molecule has 1 saturated heterocycles. The first-order valence-corrected chi connectivity index (χ1v) is 5.81. The zero-order valence-corrected chi connectivity index (χ0v) is 10.1. The number of anilines is 1. The maximum Gasteiger partial charge on any atom is 0.312 e. The van der Waals surface area contributed by atoms with Crippen LogP contribution in [0.4, 0.5) is 10.2 Å². The van der Waals surface area contributed by atoms with Crippen molar-refractivity contribution in [1.29, 1.82) is 0 Å². The standard InChI is InChI=1S/C10H12FN5O4/c11-10-14-7(12)4-8(15-10)16(2-13-4)9-6(19)5(18)3(1-17)20-9/h2-3,5-6,9,17-19H,1H2,(H2,12,14,15)/t3-,5?,6+,9-/m1/s1. The molecule has 4 atom stereocenters. The minimum Gasteiger partial charge on any atom is -0.394 e. The van der Waals surface area contributed by atoms with Crippen LogP contribution in [0.1, 0.15) is 6.23 Å². The van der Waals surface area contributed by atoms with Crippen LogP contribution in [0.25, 0.3) is 11.2 Å². The molecule has 0 amide bonds. The predicted octanol–water partition coefficient (Wildman–Crippen LogP) is -1.84. The summed E-state index contributed by atoms with van der Waals surface area (Å²) >= 11 is 0. The van der Waals surface area contributed by atoms with Crippen LogP contribution in [-0.2, 0) is 4.74 Å². The number of rotatable bonds is 2. The van der Waals surface area contributed by atoms with Crippen LogP contribution in [0.15, 0.2) is 6.33 Å². The van der Waals surface area contributed by atoms with Crippen molar-refractivity contribution in [3.05, 3.63) is 12.4 Å². The highest BCUT2D eigenvalue weighted by atomic mass is 19.1. The molecule has 0 aliphatic carbocycles. The molecule has 0 aromatic carbocycles. The molecule has 9 nitrogen and oxygen atoms in total. The van der Waals surface area contributed by atoms with Gasteiger partial charge in [-0.25, -0.2) is 4.98 Å². The molecule has 0 saturated carbocycles. The Morgan fingerprint density at radius 1 is 1.35 bits per heavy atom. The highest BCUT2D eigenvalue weighted by molar-refractivity contribution is 5.81. The Morgan fingerprint density at radius 3 is 2.75 bits per heavy atom. The highest BCUT2D eigenvalue weighted by Gasteiger charge is 2.44. The maximum atomic E-state index is 13.2. The smallest absolute Gasteiger partial charge is 0.312 e. The van der Waals surface area contributed by atoms with Gasteiger partial charge < -0.3 is 25.8 Å². The average molecular weight is 285 g/mol. The number of hydrogen-bond acceptors (Lipinski definition) is 8. The molecule has 1 aliphatic heterocycles. The van der Waals surface area contributed by atoms with Crippen molar-refractivity contribution < 1.29 is 24.4 Å². The number of nitrogens with two attached hydrogens (primary N) is 1. The molecule has 1 fully saturated rings. The van der Waals surface area contributed by atoms with Crippen LogP contribution in [0, 0.1) is 6.08 Å². The topological polar surface area (TPSA) is 140 Å². The zero-order chi connectivity index (χ0) is 14.4. The quantitative estimate of drug-likeness (QED) is 0.472. The van der Waals surface area contributed by atoms with Crippen molar-refractivity contribution in [1.82, 2.24) is 19.5 Å². The third-order valence-corrected chi connectivity index (χ3v) is 3.21. The molecule has 0 spiro atoms. The van der Waals surface area contributed by atoms with Crippen LogP contribution in [0.2, 0.25) is 0 Å². The molecular weight excluding hydrogens is 273 g/mol. The lowest BCUT2D eigenvalue weighted by atomic mass is 10.1. The van der Waals surface area contributed by atoms with E-state index >= 15 is 0 Å². The summed E-state index contributed by atoms with van der Waals surface area (Å²) in [5.41, 5.74) is 5.71. The Morgan fingerprint density at radius 2 is 2.10 bits per heavy atom. The number of aromatic nitrogens is 4. The Bertz CT molecular complexity index is 650. The van der Waals surface area contributed by atoms with E-state index in [-0.39, 0.29) is 17.0 Å². The average Bonchev–Trinajstić information content (AvgIpc) is 2.93. The van der Waals surface area contributed by atoms with E-state index in [0.29, 0.717) is 0 Å². The molecular formula is C10H12FN5O4. The molecule has 10 heteroatoms. The minimum absolute atomic E-state index is 0.0323. The summed E-state index contributed by atoms with van der Waals surface area (Å²) in [6.45, 7) is -0.465. The van der Waals surface area contributed by atoms with Crippen molar-refractivity contribution in [3.63, 3.8) is 0 Å². The number of aliphatic hydroxyl groups is 3. The van der Waals surface area contributed by atoms with E-state index in [1.165, 1.54) is 10.9 Å². The first kappa shape index (κ1) is 13.1. The third-order valence-electron chi connectivity index (χ3n) is 3.21. The highest BCUT2D eigenvalue weighted by Crippen LogP contribution is 2.31. The number of hydrogen-bond donors (Lipinski definition) is 4.